The first-order chi connectivity index (χ1) is 12.8. The van der Waals surface area contributed by atoms with Crippen molar-refractivity contribution >= 4 is 0 Å². The van der Waals surface area contributed by atoms with E-state index < -0.39 is 6.10 Å². The number of pyridine rings is 1. The Bertz CT molecular complexity index is 969. The summed E-state index contributed by atoms with van der Waals surface area (Å²) in [5.74, 6) is 0. The first-order valence-electron chi connectivity index (χ1n) is 8.54. The van der Waals surface area contributed by atoms with Gasteiger partial charge in [0.25, 0.3) is 0 Å². The van der Waals surface area contributed by atoms with E-state index in [9.17, 15) is 5.11 Å². The monoisotopic (exact) mass is 568 g/mol. The van der Waals surface area contributed by atoms with Crippen molar-refractivity contribution < 1.29 is 49.2 Å². The van der Waals surface area contributed by atoms with Gasteiger partial charge in [-0.05, 0) is 17.2 Å². The predicted octanol–water partition coefficient (Wildman–Crippen LogP) is 4.08. The Morgan fingerprint density at radius 2 is 1.56 bits per heavy atom. The maximum atomic E-state index is 10.7. The van der Waals surface area contributed by atoms with Gasteiger partial charge in [-0.3, -0.25) is 4.98 Å². The summed E-state index contributed by atoms with van der Waals surface area (Å²) in [7, 11) is 0. The molecule has 0 aliphatic rings. The van der Waals surface area contributed by atoms with Crippen LogP contribution in [-0.2, 0) is 6.54 Å². The van der Waals surface area contributed by atoms with Gasteiger partial charge < -0.3 is 9.67 Å². The zero-order valence-electron chi connectivity index (χ0n) is 14.8. The van der Waals surface area contributed by atoms with Crippen LogP contribution in [0.1, 0.15) is 22.9 Å². The topological polar surface area (TPSA) is 50.9 Å². The van der Waals surface area contributed by atoms with E-state index in [1.807, 2.05) is 77.5 Å². The number of aliphatic hydroxyl groups excluding tert-OH is 1. The van der Waals surface area contributed by atoms with Gasteiger partial charge in [-0.25, -0.2) is 4.98 Å². The summed E-state index contributed by atoms with van der Waals surface area (Å²) in [4.78, 5) is 8.78. The van der Waals surface area contributed by atoms with Crippen LogP contribution in [0, 0.1) is 44.1 Å². The van der Waals surface area contributed by atoms with Gasteiger partial charge in [0.05, 0.1) is 30.5 Å². The van der Waals surface area contributed by atoms with Crippen molar-refractivity contribution in [3.8, 4) is 11.3 Å². The zero-order chi connectivity index (χ0) is 17.8. The van der Waals surface area contributed by atoms with Gasteiger partial charge >= 0.3 is 0 Å². The first kappa shape index (κ1) is 19.9. The number of hydrogen-bond acceptors (Lipinski definition) is 3. The van der Waals surface area contributed by atoms with E-state index in [0.717, 1.165) is 28.1 Å². The summed E-state index contributed by atoms with van der Waals surface area (Å²) in [6, 6.07) is 23.8. The molecule has 2 heterocycles. The Morgan fingerprint density at radius 1 is 0.852 bits per heavy atom. The molecule has 1 radical (unpaired) electrons. The molecule has 4 nitrogen and oxygen atoms in total. The summed E-state index contributed by atoms with van der Waals surface area (Å²) >= 11 is 0. The van der Waals surface area contributed by atoms with E-state index >= 15 is 0 Å². The molecule has 5 heteroatoms. The quantitative estimate of drug-likeness (QED) is 0.395. The van der Waals surface area contributed by atoms with Crippen LogP contribution >= 0.6 is 0 Å². The van der Waals surface area contributed by atoms with Crippen molar-refractivity contribution in [2.45, 2.75) is 12.6 Å². The van der Waals surface area contributed by atoms with Crippen molar-refractivity contribution in [1.82, 2.24) is 14.5 Å². The molecule has 131 valence electrons. The van der Waals surface area contributed by atoms with Gasteiger partial charge in [-0.1, -0.05) is 66.7 Å². The number of aromatic nitrogens is 3. The summed E-state index contributed by atoms with van der Waals surface area (Å²) in [5, 5.41) is 10.7. The van der Waals surface area contributed by atoms with Gasteiger partial charge in [-0.15, -0.1) is 0 Å². The van der Waals surface area contributed by atoms with Crippen LogP contribution in [0.5, 0.6) is 0 Å². The van der Waals surface area contributed by atoms with E-state index in [2.05, 4.69) is 16.0 Å². The Labute approximate surface area is 194 Å². The molecule has 2 aromatic heterocycles. The second-order valence-electron chi connectivity index (χ2n) is 6.18. The minimum Gasteiger partial charge on any atom is -0.382 e. The zero-order valence-corrected chi connectivity index (χ0v) is 19.6. The van der Waals surface area contributed by atoms with Gasteiger partial charge in [0.1, 0.15) is 6.10 Å². The van der Waals surface area contributed by atoms with Gasteiger partial charge in [0.15, 0.2) is 0 Å². The number of nitrogens with zero attached hydrogens (tertiary/aromatic N) is 3. The third kappa shape index (κ3) is 4.73. The van der Waals surface area contributed by atoms with Crippen molar-refractivity contribution in [2.24, 2.45) is 0 Å². The Kier molecular flexibility index (Phi) is 6.96. The summed E-state index contributed by atoms with van der Waals surface area (Å²) in [6.07, 6.45) is 4.63. The molecule has 0 amide bonds. The fourth-order valence-corrected chi connectivity index (χ4v) is 2.99. The largest absolute Gasteiger partial charge is 0.382 e. The van der Waals surface area contributed by atoms with E-state index in [0.29, 0.717) is 6.54 Å². The minimum atomic E-state index is -0.699. The van der Waals surface area contributed by atoms with E-state index in [1.54, 1.807) is 12.5 Å². The fourth-order valence-electron chi connectivity index (χ4n) is 2.99. The molecule has 27 heavy (non-hydrogen) atoms. The summed E-state index contributed by atoms with van der Waals surface area (Å²) < 4.78 is 1.96. The predicted molar refractivity (Wildman–Crippen MR) is 102 cm³/mol. The van der Waals surface area contributed by atoms with E-state index in [1.165, 1.54) is 0 Å². The van der Waals surface area contributed by atoms with Gasteiger partial charge in [0.2, 0.25) is 0 Å². The van der Waals surface area contributed by atoms with Crippen LogP contribution in [0.4, 0.5) is 0 Å². The smallest absolute Gasteiger partial charge is 0.121 e. The van der Waals surface area contributed by atoms with Crippen LogP contribution in [0.15, 0.2) is 91.5 Å². The second-order valence-corrected chi connectivity index (χ2v) is 6.18. The van der Waals surface area contributed by atoms with Crippen LogP contribution in [-0.4, -0.2) is 19.6 Å². The Balaban J connectivity index is 0.00000210. The van der Waals surface area contributed by atoms with Crippen molar-refractivity contribution in [1.29, 1.82) is 0 Å². The third-order valence-corrected chi connectivity index (χ3v) is 4.39. The minimum absolute atomic E-state index is 0. The SMILES string of the molecule is OC(c1ccccc1)c1cncn1Cc1ccc(-c2ccccc2)nc1.[Ac]. The molecule has 4 rings (SSSR count). The molecule has 2 aromatic carbocycles. The number of benzene rings is 2. The maximum absolute atomic E-state index is 10.7. The average molecular weight is 568 g/mol. The van der Waals surface area contributed by atoms with Crippen LogP contribution in [0.2, 0.25) is 0 Å². The maximum Gasteiger partial charge on any atom is 0.121 e. The van der Waals surface area contributed by atoms with Crippen molar-refractivity contribution in [3.05, 3.63) is 108 Å². The second kappa shape index (κ2) is 9.41. The summed E-state index contributed by atoms with van der Waals surface area (Å²) in [6.45, 7) is 0.612. The van der Waals surface area contributed by atoms with Gasteiger partial charge in [-0.2, -0.15) is 0 Å². The standard InChI is InChI=1S/C22H19N3O.Ac/c26-22(19-9-5-2-6-10-19)21-14-23-16-25(21)15-17-11-12-20(24-13-17)18-7-3-1-4-8-18;/h1-14,16,22,26H,15H2;. The van der Waals surface area contributed by atoms with Crippen molar-refractivity contribution in [3.63, 3.8) is 0 Å². The fraction of sp³-hybridized carbons (Fsp3) is 0.0909. The molecule has 0 fully saturated rings. The van der Waals surface area contributed by atoms with Crippen LogP contribution in [0.3, 0.4) is 0 Å². The molecule has 1 N–H and O–H groups in total. The Morgan fingerprint density at radius 3 is 2.22 bits per heavy atom. The number of aliphatic hydroxyl groups is 1. The summed E-state index contributed by atoms with van der Waals surface area (Å²) in [5.41, 5.74) is 4.73. The molecule has 0 aliphatic carbocycles. The average Bonchev–Trinajstić information content (AvgIpc) is 3.17. The molecule has 0 spiro atoms. The normalized spacial score (nSPS) is 11.6. The van der Waals surface area contributed by atoms with E-state index in [4.69, 9.17) is 0 Å². The molecule has 0 bridgehead atoms. The molecular formula is C22H19AcN3O. The molecular weight excluding hydrogens is 549 g/mol. The third-order valence-electron chi connectivity index (χ3n) is 4.39. The van der Waals surface area contributed by atoms with Crippen molar-refractivity contribution in [2.75, 3.05) is 0 Å². The molecule has 0 saturated heterocycles. The first-order valence-corrected chi connectivity index (χ1v) is 8.54. The molecule has 0 saturated carbocycles. The molecule has 4 aromatic rings. The number of hydrogen-bond donors (Lipinski definition) is 1. The molecule has 1 atom stereocenters. The van der Waals surface area contributed by atoms with Crippen LogP contribution in [0.25, 0.3) is 11.3 Å². The van der Waals surface area contributed by atoms with E-state index in [-0.39, 0.29) is 44.1 Å². The molecule has 0 aliphatic heterocycles. The Hall–Kier alpha value is -1.80. The number of rotatable bonds is 5. The molecule has 1 unspecified atom stereocenters. The van der Waals surface area contributed by atoms with Gasteiger partial charge in [0, 0.05) is 55.8 Å². The number of imidazole rings is 1. The van der Waals surface area contributed by atoms with Crippen LogP contribution < -0.4 is 0 Å².